The molecule has 7 nitrogen and oxygen atoms in total. The molecule has 0 aliphatic carbocycles. The summed E-state index contributed by atoms with van der Waals surface area (Å²) in [5.41, 5.74) is 1.86. The predicted octanol–water partition coefficient (Wildman–Crippen LogP) is 4.80. The van der Waals surface area contributed by atoms with Crippen molar-refractivity contribution < 1.29 is 9.72 Å². The van der Waals surface area contributed by atoms with Gasteiger partial charge in [-0.2, -0.15) is 0 Å². The van der Waals surface area contributed by atoms with Gasteiger partial charge < -0.3 is 4.90 Å². The highest BCUT2D eigenvalue weighted by atomic mass is 35.5. The lowest BCUT2D eigenvalue weighted by Gasteiger charge is -2.22. The Hall–Kier alpha value is -2.26. The van der Waals surface area contributed by atoms with Crippen LogP contribution in [0.1, 0.15) is 15.9 Å². The van der Waals surface area contributed by atoms with Gasteiger partial charge in [0.15, 0.2) is 5.13 Å². The number of rotatable bonds is 6. The number of likely N-dealkylation sites (N-methyl/N-ethyl adjacent to an activating group) is 1. The molecule has 0 aliphatic rings. The first-order valence-electron chi connectivity index (χ1n) is 8.54. The number of benzene rings is 2. The quantitative estimate of drug-likeness (QED) is 0.394. The van der Waals surface area contributed by atoms with Crippen molar-refractivity contribution in [1.29, 1.82) is 0 Å². The molecule has 3 rings (SSSR count). The van der Waals surface area contributed by atoms with E-state index < -0.39 is 4.92 Å². The van der Waals surface area contributed by atoms with Gasteiger partial charge in [0.25, 0.3) is 11.6 Å². The van der Waals surface area contributed by atoms with Crippen molar-refractivity contribution in [2.75, 3.05) is 32.1 Å². The number of hydrogen-bond donors (Lipinski definition) is 0. The maximum Gasteiger partial charge on any atom is 0.270 e. The summed E-state index contributed by atoms with van der Waals surface area (Å²) in [5, 5.41) is 12.2. The van der Waals surface area contributed by atoms with Gasteiger partial charge in [-0.1, -0.05) is 29.0 Å². The maximum atomic E-state index is 13.2. The van der Waals surface area contributed by atoms with Crippen LogP contribution in [0.15, 0.2) is 36.4 Å². The van der Waals surface area contributed by atoms with Crippen LogP contribution in [0.5, 0.6) is 0 Å². The molecule has 0 saturated carbocycles. The van der Waals surface area contributed by atoms with Crippen LogP contribution in [0.3, 0.4) is 0 Å². The molecular weight excluding hydrogens is 435 g/mol. The number of nitrogens with zero attached hydrogens (tertiary/aromatic N) is 4. The van der Waals surface area contributed by atoms with Crippen molar-refractivity contribution in [2.24, 2.45) is 0 Å². The first kappa shape index (κ1) is 23.0. The molecule has 0 saturated heterocycles. The van der Waals surface area contributed by atoms with Crippen LogP contribution in [0.25, 0.3) is 10.2 Å². The number of carbonyl (C=O) groups is 1. The van der Waals surface area contributed by atoms with E-state index in [2.05, 4.69) is 4.98 Å². The van der Waals surface area contributed by atoms with Gasteiger partial charge >= 0.3 is 0 Å². The molecule has 1 amide bonds. The number of carbonyl (C=O) groups excluding carboxylic acids is 1. The fourth-order valence-electron chi connectivity index (χ4n) is 2.75. The number of amides is 1. The number of nitro groups is 1. The van der Waals surface area contributed by atoms with Gasteiger partial charge in [0.1, 0.15) is 0 Å². The number of halogens is 2. The van der Waals surface area contributed by atoms with Crippen LogP contribution in [0.2, 0.25) is 5.02 Å². The van der Waals surface area contributed by atoms with E-state index in [1.165, 1.54) is 29.5 Å². The van der Waals surface area contributed by atoms with Crippen molar-refractivity contribution in [3.8, 4) is 0 Å². The summed E-state index contributed by atoms with van der Waals surface area (Å²) in [7, 11) is 3.83. The van der Waals surface area contributed by atoms with E-state index in [0.717, 1.165) is 15.8 Å². The lowest BCUT2D eigenvalue weighted by Crippen LogP contribution is -2.36. The lowest BCUT2D eigenvalue weighted by atomic mass is 10.2. The Kier molecular flexibility index (Phi) is 7.54. The third kappa shape index (κ3) is 5.22. The summed E-state index contributed by atoms with van der Waals surface area (Å²) in [4.78, 5) is 31.9. The smallest absolute Gasteiger partial charge is 0.270 e. The standard InChI is InChI=1S/C19H19ClN4O3S.ClH/c1-12-9-14(20)11-16-17(12)21-19(28-16)23(8-7-22(2)3)18(25)13-5-4-6-15(10-13)24(26)27;/h4-6,9-11H,7-8H2,1-3H3;1H. The van der Waals surface area contributed by atoms with Crippen LogP contribution < -0.4 is 4.90 Å². The molecule has 1 heterocycles. The van der Waals surface area contributed by atoms with Crippen molar-refractivity contribution in [3.05, 3.63) is 62.7 Å². The Balaban J connectivity index is 0.00000300. The summed E-state index contributed by atoms with van der Waals surface area (Å²) < 4.78 is 0.890. The molecule has 3 aromatic rings. The number of nitro benzene ring substituents is 1. The topological polar surface area (TPSA) is 79.6 Å². The Morgan fingerprint density at radius 3 is 2.62 bits per heavy atom. The average Bonchev–Trinajstić information content (AvgIpc) is 3.05. The second-order valence-corrected chi connectivity index (χ2v) is 8.08. The van der Waals surface area contributed by atoms with Gasteiger partial charge in [0.05, 0.1) is 15.1 Å². The molecule has 1 aromatic heterocycles. The molecule has 0 fully saturated rings. The number of non-ortho nitro benzene ring substituents is 1. The number of hydrogen-bond acceptors (Lipinski definition) is 6. The lowest BCUT2D eigenvalue weighted by molar-refractivity contribution is -0.384. The first-order valence-corrected chi connectivity index (χ1v) is 9.73. The van der Waals surface area contributed by atoms with E-state index in [9.17, 15) is 14.9 Å². The molecule has 10 heteroatoms. The van der Waals surface area contributed by atoms with Crippen molar-refractivity contribution in [1.82, 2.24) is 9.88 Å². The van der Waals surface area contributed by atoms with Gasteiger partial charge in [-0.25, -0.2) is 4.98 Å². The number of thiazole rings is 1. The van der Waals surface area contributed by atoms with Gasteiger partial charge in [0.2, 0.25) is 0 Å². The minimum Gasteiger partial charge on any atom is -0.308 e. The minimum atomic E-state index is -0.510. The van der Waals surface area contributed by atoms with Crippen molar-refractivity contribution in [3.63, 3.8) is 0 Å². The summed E-state index contributed by atoms with van der Waals surface area (Å²) >= 11 is 7.52. The van der Waals surface area contributed by atoms with Crippen molar-refractivity contribution >= 4 is 62.3 Å². The van der Waals surface area contributed by atoms with Gasteiger partial charge in [-0.3, -0.25) is 19.8 Å². The largest absolute Gasteiger partial charge is 0.308 e. The molecule has 2 aromatic carbocycles. The zero-order valence-electron chi connectivity index (χ0n) is 16.1. The van der Waals surface area contributed by atoms with E-state index in [-0.39, 0.29) is 29.6 Å². The normalized spacial score (nSPS) is 10.8. The van der Waals surface area contributed by atoms with Crippen molar-refractivity contribution in [2.45, 2.75) is 6.92 Å². The molecule has 0 radical (unpaired) electrons. The SMILES string of the molecule is Cc1cc(Cl)cc2sc(N(CCN(C)C)C(=O)c3cccc([N+](=O)[O-])c3)nc12.Cl. The minimum absolute atomic E-state index is 0. The second-order valence-electron chi connectivity index (χ2n) is 6.63. The highest BCUT2D eigenvalue weighted by Gasteiger charge is 2.23. The van der Waals surface area contributed by atoms with E-state index in [1.54, 1.807) is 11.0 Å². The van der Waals surface area contributed by atoms with Crippen LogP contribution in [-0.4, -0.2) is 47.9 Å². The predicted molar refractivity (Wildman–Crippen MR) is 120 cm³/mol. The molecular formula is C19H20Cl2N4O3S. The van der Waals surface area contributed by atoms with E-state index in [0.29, 0.717) is 23.2 Å². The maximum absolute atomic E-state index is 13.2. The molecule has 0 N–H and O–H groups in total. The summed E-state index contributed by atoms with van der Waals surface area (Å²) in [6, 6.07) is 9.41. The van der Waals surface area contributed by atoms with E-state index >= 15 is 0 Å². The summed E-state index contributed by atoms with van der Waals surface area (Å²) in [5.74, 6) is -0.326. The number of aryl methyl sites for hydroxylation is 1. The fourth-order valence-corrected chi connectivity index (χ4v) is 4.20. The Morgan fingerprint density at radius 2 is 1.97 bits per heavy atom. The third-order valence-electron chi connectivity index (χ3n) is 4.19. The van der Waals surface area contributed by atoms with E-state index in [1.807, 2.05) is 38.1 Å². The highest BCUT2D eigenvalue weighted by Crippen LogP contribution is 2.33. The molecule has 0 spiro atoms. The third-order valence-corrected chi connectivity index (χ3v) is 5.43. The Morgan fingerprint density at radius 1 is 1.24 bits per heavy atom. The van der Waals surface area contributed by atoms with Crippen LogP contribution in [0, 0.1) is 17.0 Å². The number of anilines is 1. The second kappa shape index (κ2) is 9.49. The zero-order chi connectivity index (χ0) is 20.4. The van der Waals surface area contributed by atoms with Crippen LogP contribution >= 0.6 is 35.3 Å². The molecule has 0 unspecified atom stereocenters. The number of fused-ring (bicyclic) bond motifs is 1. The fraction of sp³-hybridized carbons (Fsp3) is 0.263. The Labute approximate surface area is 183 Å². The highest BCUT2D eigenvalue weighted by molar-refractivity contribution is 7.22. The average molecular weight is 455 g/mol. The summed E-state index contributed by atoms with van der Waals surface area (Å²) in [6.07, 6.45) is 0. The van der Waals surface area contributed by atoms with Gasteiger partial charge in [-0.15, -0.1) is 12.4 Å². The van der Waals surface area contributed by atoms with Gasteiger partial charge in [-0.05, 0) is 44.8 Å². The summed E-state index contributed by atoms with van der Waals surface area (Å²) in [6.45, 7) is 2.95. The van der Waals surface area contributed by atoms with Gasteiger partial charge in [0, 0.05) is 35.8 Å². The molecule has 0 aliphatic heterocycles. The first-order chi connectivity index (χ1) is 13.3. The Bertz CT molecular complexity index is 1060. The monoisotopic (exact) mass is 454 g/mol. The molecule has 0 bridgehead atoms. The zero-order valence-corrected chi connectivity index (χ0v) is 18.5. The van der Waals surface area contributed by atoms with E-state index in [4.69, 9.17) is 11.6 Å². The van der Waals surface area contributed by atoms with Crippen LogP contribution in [0.4, 0.5) is 10.8 Å². The number of aromatic nitrogens is 1. The molecule has 0 atom stereocenters. The van der Waals surface area contributed by atoms with Crippen LogP contribution in [-0.2, 0) is 0 Å². The molecule has 29 heavy (non-hydrogen) atoms. The molecule has 154 valence electrons.